The van der Waals surface area contributed by atoms with Crippen molar-refractivity contribution in [3.8, 4) is 0 Å². The van der Waals surface area contributed by atoms with Crippen LogP contribution < -0.4 is 0 Å². The molecule has 2 aromatic rings. The van der Waals surface area contributed by atoms with Gasteiger partial charge in [0.25, 0.3) is 0 Å². The topological polar surface area (TPSA) is 63.1 Å². The zero-order chi connectivity index (χ0) is 12.1. The molecule has 0 unspecified atom stereocenters. The molecule has 0 aliphatic carbocycles. The molecule has 0 saturated heterocycles. The number of carboxylic acids is 1. The van der Waals surface area contributed by atoms with Crippen LogP contribution in [0.1, 0.15) is 16.1 Å². The number of aromatic carboxylic acids is 1. The van der Waals surface area contributed by atoms with Crippen LogP contribution in [0.5, 0.6) is 0 Å². The van der Waals surface area contributed by atoms with E-state index in [1.807, 2.05) is 18.2 Å². The van der Waals surface area contributed by atoms with E-state index in [2.05, 4.69) is 9.97 Å². The van der Waals surface area contributed by atoms with Gasteiger partial charge in [-0.15, -0.1) is 11.8 Å². The van der Waals surface area contributed by atoms with Crippen LogP contribution in [0.3, 0.4) is 0 Å². The number of nitrogens with zero attached hydrogens (tertiary/aromatic N) is 2. The fraction of sp³-hybridized carbons (Fsp3) is 0.0833. The summed E-state index contributed by atoms with van der Waals surface area (Å²) < 4.78 is 0. The van der Waals surface area contributed by atoms with E-state index in [0.717, 1.165) is 5.03 Å². The molecule has 17 heavy (non-hydrogen) atoms. The van der Waals surface area contributed by atoms with Gasteiger partial charge in [0.15, 0.2) is 5.69 Å². The van der Waals surface area contributed by atoms with Gasteiger partial charge < -0.3 is 5.11 Å². The third-order valence-electron chi connectivity index (χ3n) is 2.11. The minimum absolute atomic E-state index is 0.107. The number of hydrogen-bond donors (Lipinski definition) is 1. The van der Waals surface area contributed by atoms with Crippen LogP contribution >= 0.6 is 11.8 Å². The number of hydrogen-bond acceptors (Lipinski definition) is 4. The van der Waals surface area contributed by atoms with Crippen molar-refractivity contribution >= 4 is 17.7 Å². The maximum atomic E-state index is 10.9. The van der Waals surface area contributed by atoms with Gasteiger partial charge in [0.1, 0.15) is 0 Å². The summed E-state index contributed by atoms with van der Waals surface area (Å²) in [4.78, 5) is 19.0. The van der Waals surface area contributed by atoms with Crippen molar-refractivity contribution < 1.29 is 9.90 Å². The lowest BCUT2D eigenvalue weighted by molar-refractivity contribution is 0.0689. The Hall–Kier alpha value is -1.88. The van der Waals surface area contributed by atoms with Gasteiger partial charge in [-0.3, -0.25) is 0 Å². The Morgan fingerprint density at radius 2 is 2.00 bits per heavy atom. The van der Waals surface area contributed by atoms with Crippen LogP contribution in [-0.4, -0.2) is 21.0 Å². The highest BCUT2D eigenvalue weighted by Gasteiger charge is 2.10. The number of aromatic nitrogens is 2. The van der Waals surface area contributed by atoms with Crippen LogP contribution in [0.15, 0.2) is 47.8 Å². The first-order valence-electron chi connectivity index (χ1n) is 4.98. The molecule has 0 aromatic carbocycles. The van der Waals surface area contributed by atoms with E-state index in [1.165, 1.54) is 18.0 Å². The number of carboxylic acid groups (broad SMARTS) is 1. The van der Waals surface area contributed by atoms with Gasteiger partial charge in [-0.1, -0.05) is 12.1 Å². The van der Waals surface area contributed by atoms with Crippen molar-refractivity contribution in [1.82, 2.24) is 9.97 Å². The lowest BCUT2D eigenvalue weighted by atomic mass is 10.2. The minimum atomic E-state index is -0.998. The van der Waals surface area contributed by atoms with Gasteiger partial charge in [0, 0.05) is 18.1 Å². The predicted octanol–water partition coefficient (Wildman–Crippen LogP) is 2.47. The van der Waals surface area contributed by atoms with E-state index in [4.69, 9.17) is 5.11 Å². The molecule has 0 bridgehead atoms. The van der Waals surface area contributed by atoms with Gasteiger partial charge in [-0.05, 0) is 23.8 Å². The minimum Gasteiger partial charge on any atom is -0.477 e. The number of pyridine rings is 2. The highest BCUT2D eigenvalue weighted by atomic mass is 32.2. The molecule has 2 aromatic heterocycles. The summed E-state index contributed by atoms with van der Waals surface area (Å²) >= 11 is 1.49. The number of rotatable bonds is 4. The molecule has 5 heteroatoms. The third-order valence-corrected chi connectivity index (χ3v) is 3.10. The van der Waals surface area contributed by atoms with Crippen molar-refractivity contribution in [3.05, 3.63) is 54.0 Å². The molecular weight excluding hydrogens is 236 g/mol. The summed E-state index contributed by atoms with van der Waals surface area (Å²) in [6.45, 7) is 0. The van der Waals surface area contributed by atoms with Crippen LogP contribution in [-0.2, 0) is 5.75 Å². The first-order chi connectivity index (χ1) is 8.27. The summed E-state index contributed by atoms with van der Waals surface area (Å²) in [5.74, 6) is -0.450. The Balaban J connectivity index is 2.12. The summed E-state index contributed by atoms with van der Waals surface area (Å²) in [6.07, 6.45) is 3.20. The fourth-order valence-electron chi connectivity index (χ4n) is 1.33. The van der Waals surface area contributed by atoms with Crippen LogP contribution in [0, 0.1) is 0 Å². The van der Waals surface area contributed by atoms with E-state index >= 15 is 0 Å². The van der Waals surface area contributed by atoms with Gasteiger partial charge in [-0.2, -0.15) is 0 Å². The standard InChI is InChI=1S/C12H10N2O2S/c15-12(16)11-9(4-3-7-14-11)8-17-10-5-1-2-6-13-10/h1-7H,8H2,(H,15,16). The molecule has 0 aliphatic rings. The molecule has 2 rings (SSSR count). The van der Waals surface area contributed by atoms with Gasteiger partial charge in [0.05, 0.1) is 5.03 Å². The molecule has 4 nitrogen and oxygen atoms in total. The van der Waals surface area contributed by atoms with E-state index < -0.39 is 5.97 Å². The average molecular weight is 246 g/mol. The lowest BCUT2D eigenvalue weighted by Crippen LogP contribution is -2.04. The Labute approximate surface area is 103 Å². The molecule has 2 heterocycles. The summed E-state index contributed by atoms with van der Waals surface area (Å²) in [6, 6.07) is 9.14. The number of carbonyl (C=O) groups is 1. The maximum absolute atomic E-state index is 10.9. The molecule has 0 spiro atoms. The normalized spacial score (nSPS) is 10.1. The monoisotopic (exact) mass is 246 g/mol. The summed E-state index contributed by atoms with van der Waals surface area (Å²) in [5, 5.41) is 9.84. The molecule has 1 N–H and O–H groups in total. The Kier molecular flexibility index (Phi) is 3.72. The molecule has 0 fully saturated rings. The largest absolute Gasteiger partial charge is 0.477 e. The second kappa shape index (κ2) is 5.45. The van der Waals surface area contributed by atoms with Crippen molar-refractivity contribution in [3.63, 3.8) is 0 Å². The second-order valence-corrected chi connectivity index (χ2v) is 4.27. The SMILES string of the molecule is O=C(O)c1ncccc1CSc1ccccn1. The van der Waals surface area contributed by atoms with Crippen molar-refractivity contribution in [2.45, 2.75) is 10.8 Å². The maximum Gasteiger partial charge on any atom is 0.354 e. The zero-order valence-electron chi connectivity index (χ0n) is 8.91. The molecule has 0 aliphatic heterocycles. The highest BCUT2D eigenvalue weighted by Crippen LogP contribution is 2.21. The first-order valence-corrected chi connectivity index (χ1v) is 5.97. The van der Waals surface area contributed by atoms with Crippen molar-refractivity contribution in [1.29, 1.82) is 0 Å². The molecule has 0 amide bonds. The van der Waals surface area contributed by atoms with E-state index in [1.54, 1.807) is 18.3 Å². The Morgan fingerprint density at radius 3 is 2.71 bits per heavy atom. The smallest absolute Gasteiger partial charge is 0.354 e. The van der Waals surface area contributed by atoms with Crippen molar-refractivity contribution in [2.75, 3.05) is 0 Å². The number of thioether (sulfide) groups is 1. The van der Waals surface area contributed by atoms with E-state index in [9.17, 15) is 4.79 Å². The van der Waals surface area contributed by atoms with E-state index in [0.29, 0.717) is 11.3 Å². The van der Waals surface area contributed by atoms with Gasteiger partial charge in [0.2, 0.25) is 0 Å². The molecule has 0 atom stereocenters. The van der Waals surface area contributed by atoms with Gasteiger partial charge >= 0.3 is 5.97 Å². The highest BCUT2D eigenvalue weighted by molar-refractivity contribution is 7.98. The molecular formula is C12H10N2O2S. The summed E-state index contributed by atoms with van der Waals surface area (Å²) in [5.41, 5.74) is 0.812. The quantitative estimate of drug-likeness (QED) is 0.839. The second-order valence-electron chi connectivity index (χ2n) is 3.27. The van der Waals surface area contributed by atoms with Crippen LogP contribution in [0.4, 0.5) is 0 Å². The van der Waals surface area contributed by atoms with Crippen molar-refractivity contribution in [2.24, 2.45) is 0 Å². The van der Waals surface area contributed by atoms with Crippen LogP contribution in [0.2, 0.25) is 0 Å². The Morgan fingerprint density at radius 1 is 1.18 bits per heavy atom. The van der Waals surface area contributed by atoms with Crippen LogP contribution in [0.25, 0.3) is 0 Å². The molecule has 86 valence electrons. The third kappa shape index (κ3) is 3.04. The fourth-order valence-corrected chi connectivity index (χ4v) is 2.18. The molecule has 0 saturated carbocycles. The average Bonchev–Trinajstić information content (AvgIpc) is 2.38. The zero-order valence-corrected chi connectivity index (χ0v) is 9.72. The predicted molar refractivity (Wildman–Crippen MR) is 65.0 cm³/mol. The van der Waals surface area contributed by atoms with Gasteiger partial charge in [-0.25, -0.2) is 14.8 Å². The molecule has 0 radical (unpaired) electrons. The summed E-state index contributed by atoms with van der Waals surface area (Å²) in [7, 11) is 0. The first kappa shape index (κ1) is 11.6. The Bertz CT molecular complexity index is 517. The lowest BCUT2D eigenvalue weighted by Gasteiger charge is -2.03. The van der Waals surface area contributed by atoms with E-state index in [-0.39, 0.29) is 5.69 Å².